The second-order valence-corrected chi connectivity index (χ2v) is 6.94. The lowest BCUT2D eigenvalue weighted by molar-refractivity contribution is -0.115. The SMILES string of the molecule is Cc1cc(C)cc(NC(=O)CCSC2=NCCS2)c1. The third-order valence-corrected chi connectivity index (χ3v) is 4.87. The third kappa shape index (κ3) is 4.91. The summed E-state index contributed by atoms with van der Waals surface area (Å²) >= 11 is 3.46. The minimum absolute atomic E-state index is 0.0705. The summed E-state index contributed by atoms with van der Waals surface area (Å²) in [5.74, 6) is 1.95. The zero-order chi connectivity index (χ0) is 13.7. The van der Waals surface area contributed by atoms with Crippen LogP contribution < -0.4 is 5.32 Å². The number of amides is 1. The maximum absolute atomic E-state index is 11.8. The molecule has 102 valence electrons. The highest BCUT2D eigenvalue weighted by molar-refractivity contribution is 8.39. The number of aryl methyl sites for hydroxylation is 2. The smallest absolute Gasteiger partial charge is 0.225 e. The second-order valence-electron chi connectivity index (χ2n) is 4.52. The molecular formula is C14H18N2OS2. The Bertz CT molecular complexity index is 480. The van der Waals surface area contributed by atoms with Crippen molar-refractivity contribution >= 4 is 39.5 Å². The minimum Gasteiger partial charge on any atom is -0.326 e. The molecule has 0 atom stereocenters. The number of carbonyl (C=O) groups is 1. The van der Waals surface area contributed by atoms with Gasteiger partial charge in [-0.25, -0.2) is 0 Å². The van der Waals surface area contributed by atoms with Crippen LogP contribution in [0.1, 0.15) is 17.5 Å². The van der Waals surface area contributed by atoms with E-state index in [1.807, 2.05) is 26.0 Å². The average molecular weight is 294 g/mol. The van der Waals surface area contributed by atoms with Crippen LogP contribution in [0, 0.1) is 13.8 Å². The van der Waals surface area contributed by atoms with Crippen LogP contribution in [-0.4, -0.2) is 28.3 Å². The number of hydrogen-bond donors (Lipinski definition) is 1. The van der Waals surface area contributed by atoms with Crippen molar-refractivity contribution in [2.24, 2.45) is 4.99 Å². The molecule has 0 radical (unpaired) electrons. The number of nitrogens with zero attached hydrogens (tertiary/aromatic N) is 1. The fraction of sp³-hybridized carbons (Fsp3) is 0.429. The van der Waals surface area contributed by atoms with E-state index >= 15 is 0 Å². The van der Waals surface area contributed by atoms with E-state index < -0.39 is 0 Å². The zero-order valence-electron chi connectivity index (χ0n) is 11.2. The van der Waals surface area contributed by atoms with Crippen LogP contribution in [0.5, 0.6) is 0 Å². The average Bonchev–Trinajstić information content (AvgIpc) is 2.80. The topological polar surface area (TPSA) is 41.5 Å². The highest BCUT2D eigenvalue weighted by atomic mass is 32.2. The Balaban J connectivity index is 1.77. The van der Waals surface area contributed by atoms with E-state index in [1.54, 1.807) is 23.5 Å². The lowest BCUT2D eigenvalue weighted by Crippen LogP contribution is -2.12. The molecule has 0 bridgehead atoms. The highest BCUT2D eigenvalue weighted by Crippen LogP contribution is 2.22. The summed E-state index contributed by atoms with van der Waals surface area (Å²) in [5.41, 5.74) is 3.22. The maximum Gasteiger partial charge on any atom is 0.225 e. The number of rotatable bonds is 4. The molecule has 19 heavy (non-hydrogen) atoms. The molecule has 0 spiro atoms. The van der Waals surface area contributed by atoms with Gasteiger partial charge in [0.2, 0.25) is 5.91 Å². The molecule has 1 aliphatic heterocycles. The van der Waals surface area contributed by atoms with Gasteiger partial charge in [-0.1, -0.05) is 29.6 Å². The van der Waals surface area contributed by atoms with Crippen LogP contribution >= 0.6 is 23.5 Å². The van der Waals surface area contributed by atoms with Crippen LogP contribution in [-0.2, 0) is 4.79 Å². The molecule has 0 unspecified atom stereocenters. The van der Waals surface area contributed by atoms with E-state index in [0.717, 1.165) is 28.1 Å². The largest absolute Gasteiger partial charge is 0.326 e. The molecular weight excluding hydrogens is 276 g/mol. The predicted octanol–water partition coefficient (Wildman–Crippen LogP) is 3.47. The fourth-order valence-corrected chi connectivity index (χ4v) is 3.92. The van der Waals surface area contributed by atoms with Crippen molar-refractivity contribution in [3.63, 3.8) is 0 Å². The van der Waals surface area contributed by atoms with Crippen LogP contribution in [0.25, 0.3) is 0 Å². The van der Waals surface area contributed by atoms with Gasteiger partial charge in [-0.3, -0.25) is 9.79 Å². The molecule has 3 nitrogen and oxygen atoms in total. The Hall–Kier alpha value is -0.940. The van der Waals surface area contributed by atoms with E-state index in [4.69, 9.17) is 0 Å². The molecule has 1 aromatic rings. The van der Waals surface area contributed by atoms with Crippen molar-refractivity contribution in [2.75, 3.05) is 23.4 Å². The van der Waals surface area contributed by atoms with Crippen molar-refractivity contribution in [3.8, 4) is 0 Å². The molecule has 0 saturated heterocycles. The van der Waals surface area contributed by atoms with E-state index in [1.165, 1.54) is 11.1 Å². The Morgan fingerprint density at radius 3 is 2.74 bits per heavy atom. The lowest BCUT2D eigenvalue weighted by Gasteiger charge is -2.07. The molecule has 1 aromatic carbocycles. The van der Waals surface area contributed by atoms with Gasteiger partial charge in [-0.15, -0.1) is 0 Å². The van der Waals surface area contributed by atoms with E-state index in [2.05, 4.69) is 16.4 Å². The predicted molar refractivity (Wildman–Crippen MR) is 86.4 cm³/mol. The van der Waals surface area contributed by atoms with Gasteiger partial charge in [-0.05, 0) is 37.1 Å². The Morgan fingerprint density at radius 1 is 1.37 bits per heavy atom. The first kappa shape index (κ1) is 14.5. The summed E-state index contributed by atoms with van der Waals surface area (Å²) in [7, 11) is 0. The summed E-state index contributed by atoms with van der Waals surface area (Å²) in [6.07, 6.45) is 0.525. The molecule has 2 rings (SSSR count). The van der Waals surface area contributed by atoms with Gasteiger partial charge in [0.15, 0.2) is 0 Å². The fourth-order valence-electron chi connectivity index (χ4n) is 1.90. The summed E-state index contributed by atoms with van der Waals surface area (Å²) in [6.45, 7) is 4.99. The van der Waals surface area contributed by atoms with E-state index in [9.17, 15) is 4.79 Å². The number of benzene rings is 1. The van der Waals surface area contributed by atoms with Crippen LogP contribution in [0.3, 0.4) is 0 Å². The van der Waals surface area contributed by atoms with Crippen molar-refractivity contribution < 1.29 is 4.79 Å². The summed E-state index contributed by atoms with van der Waals surface area (Å²) in [4.78, 5) is 16.2. The van der Waals surface area contributed by atoms with Crippen molar-refractivity contribution in [1.29, 1.82) is 0 Å². The van der Waals surface area contributed by atoms with Crippen molar-refractivity contribution in [3.05, 3.63) is 29.3 Å². The Labute approximate surface area is 122 Å². The number of anilines is 1. The molecule has 0 aromatic heterocycles. The molecule has 0 aliphatic carbocycles. The first-order chi connectivity index (χ1) is 9.13. The van der Waals surface area contributed by atoms with Gasteiger partial charge in [0.05, 0.1) is 6.54 Å². The molecule has 0 fully saturated rings. The summed E-state index contributed by atoms with van der Waals surface area (Å²) < 4.78 is 1.12. The Kier molecular flexibility index (Phi) is 5.34. The molecule has 5 heteroatoms. The minimum atomic E-state index is 0.0705. The zero-order valence-corrected chi connectivity index (χ0v) is 12.9. The number of aliphatic imine (C=N–C) groups is 1. The molecule has 0 saturated carbocycles. The number of carbonyl (C=O) groups excluding carboxylic acids is 1. The summed E-state index contributed by atoms with van der Waals surface area (Å²) in [5, 5.41) is 2.95. The van der Waals surface area contributed by atoms with Crippen LogP contribution in [0.4, 0.5) is 5.69 Å². The van der Waals surface area contributed by atoms with Gasteiger partial charge in [0, 0.05) is 23.6 Å². The molecule has 1 heterocycles. The normalized spacial score (nSPS) is 14.3. The van der Waals surface area contributed by atoms with Gasteiger partial charge in [-0.2, -0.15) is 0 Å². The Morgan fingerprint density at radius 2 is 2.11 bits per heavy atom. The maximum atomic E-state index is 11.8. The highest BCUT2D eigenvalue weighted by Gasteiger charge is 2.09. The summed E-state index contributed by atoms with van der Waals surface area (Å²) in [6, 6.07) is 6.09. The van der Waals surface area contributed by atoms with Crippen LogP contribution in [0.2, 0.25) is 0 Å². The molecule has 1 amide bonds. The third-order valence-electron chi connectivity index (χ3n) is 2.62. The number of thioether (sulfide) groups is 2. The van der Waals surface area contributed by atoms with Crippen LogP contribution in [0.15, 0.2) is 23.2 Å². The first-order valence-electron chi connectivity index (χ1n) is 6.32. The first-order valence-corrected chi connectivity index (χ1v) is 8.29. The molecule has 1 aliphatic rings. The van der Waals surface area contributed by atoms with Gasteiger partial charge < -0.3 is 5.32 Å². The quantitative estimate of drug-likeness (QED) is 0.924. The monoisotopic (exact) mass is 294 g/mol. The number of nitrogens with one attached hydrogen (secondary N) is 1. The lowest BCUT2D eigenvalue weighted by atomic mass is 10.1. The van der Waals surface area contributed by atoms with E-state index in [0.29, 0.717) is 6.42 Å². The van der Waals surface area contributed by atoms with Crippen molar-refractivity contribution in [2.45, 2.75) is 20.3 Å². The second kappa shape index (κ2) is 7.01. The van der Waals surface area contributed by atoms with Gasteiger partial charge >= 0.3 is 0 Å². The molecule has 1 N–H and O–H groups in total. The van der Waals surface area contributed by atoms with Gasteiger partial charge in [0.1, 0.15) is 4.38 Å². The van der Waals surface area contributed by atoms with E-state index in [-0.39, 0.29) is 5.91 Å². The number of hydrogen-bond acceptors (Lipinski definition) is 4. The van der Waals surface area contributed by atoms with Crippen molar-refractivity contribution in [1.82, 2.24) is 0 Å². The van der Waals surface area contributed by atoms with Gasteiger partial charge in [0.25, 0.3) is 0 Å². The standard InChI is InChI=1S/C14H18N2OS2/c1-10-7-11(2)9-12(8-10)16-13(17)3-5-18-14-15-4-6-19-14/h7-9H,3-6H2,1-2H3,(H,16,17).